The molecule has 3 aromatic rings. The van der Waals surface area contributed by atoms with Crippen molar-refractivity contribution >= 4 is 6.09 Å². The minimum absolute atomic E-state index is 0.445. The van der Waals surface area contributed by atoms with Crippen LogP contribution in [0.25, 0.3) is 11.1 Å². The molecular weight excluding hydrogens is 328 g/mol. The summed E-state index contributed by atoms with van der Waals surface area (Å²) in [5.41, 5.74) is 1.69. The Kier molecular flexibility index (Phi) is 5.37. The van der Waals surface area contributed by atoms with Crippen LogP contribution in [0.4, 0.5) is 4.79 Å². The van der Waals surface area contributed by atoms with Gasteiger partial charge in [0.05, 0.1) is 6.61 Å². The second-order valence-electron chi connectivity index (χ2n) is 6.59. The van der Waals surface area contributed by atoms with E-state index in [-0.39, 0.29) is 0 Å². The Balaban J connectivity index is 1.50. The first-order valence-corrected chi connectivity index (χ1v) is 8.53. The van der Waals surface area contributed by atoms with Crippen LogP contribution >= 0.6 is 0 Å². The van der Waals surface area contributed by atoms with Crippen LogP contribution in [0.1, 0.15) is 20.3 Å². The number of carbonyl (C=O) groups is 1. The van der Waals surface area contributed by atoms with Gasteiger partial charge in [0, 0.05) is 18.8 Å². The van der Waals surface area contributed by atoms with Crippen LogP contribution in [-0.2, 0) is 4.74 Å². The van der Waals surface area contributed by atoms with Crippen LogP contribution in [0.5, 0.6) is 5.75 Å². The molecule has 0 aliphatic rings. The molecule has 134 valence electrons. The van der Waals surface area contributed by atoms with E-state index in [2.05, 4.69) is 17.1 Å². The third-order valence-electron chi connectivity index (χ3n) is 4.01. The Morgan fingerprint density at radius 3 is 2.38 bits per heavy atom. The van der Waals surface area contributed by atoms with Gasteiger partial charge >= 0.3 is 6.09 Å². The van der Waals surface area contributed by atoms with Crippen molar-refractivity contribution in [3.63, 3.8) is 0 Å². The summed E-state index contributed by atoms with van der Waals surface area (Å²) >= 11 is 0. The van der Waals surface area contributed by atoms with Gasteiger partial charge in [-0.3, -0.25) is 0 Å². The van der Waals surface area contributed by atoms with E-state index in [1.54, 1.807) is 6.20 Å². The maximum absolute atomic E-state index is 12.0. The average molecular weight is 350 g/mol. The molecule has 0 bridgehead atoms. The highest BCUT2D eigenvalue weighted by Gasteiger charge is 2.23. The summed E-state index contributed by atoms with van der Waals surface area (Å²) in [5.74, 6) is 0.793. The maximum Gasteiger partial charge on any atom is 0.419 e. The van der Waals surface area contributed by atoms with Gasteiger partial charge in [0.2, 0.25) is 0 Å². The van der Waals surface area contributed by atoms with Crippen LogP contribution in [-0.4, -0.2) is 27.9 Å². The lowest BCUT2D eigenvalue weighted by molar-refractivity contribution is 0.0242. The van der Waals surface area contributed by atoms with Crippen molar-refractivity contribution in [2.24, 2.45) is 0 Å². The number of rotatable bonds is 6. The van der Waals surface area contributed by atoms with Crippen LogP contribution in [0, 0.1) is 0 Å². The molecule has 0 fully saturated rings. The van der Waals surface area contributed by atoms with Gasteiger partial charge in [0.25, 0.3) is 0 Å². The molecule has 2 aromatic carbocycles. The fourth-order valence-corrected chi connectivity index (χ4v) is 2.50. The van der Waals surface area contributed by atoms with E-state index in [1.165, 1.54) is 22.7 Å². The van der Waals surface area contributed by atoms with E-state index in [1.807, 2.05) is 56.3 Å². The monoisotopic (exact) mass is 350 g/mol. The molecule has 0 aliphatic heterocycles. The molecule has 0 spiro atoms. The zero-order chi connectivity index (χ0) is 18.4. The summed E-state index contributed by atoms with van der Waals surface area (Å²) < 4.78 is 12.6. The number of nitrogens with zero attached hydrogens (tertiary/aromatic N) is 2. The molecule has 0 amide bonds. The second-order valence-corrected chi connectivity index (χ2v) is 6.59. The van der Waals surface area contributed by atoms with Crippen molar-refractivity contribution in [1.29, 1.82) is 0 Å². The summed E-state index contributed by atoms with van der Waals surface area (Å²) in [7, 11) is 0. The molecule has 0 N–H and O–H groups in total. The fourth-order valence-electron chi connectivity index (χ4n) is 2.50. The molecule has 5 heteroatoms. The van der Waals surface area contributed by atoms with Gasteiger partial charge in [0.15, 0.2) is 0 Å². The zero-order valence-electron chi connectivity index (χ0n) is 15.0. The van der Waals surface area contributed by atoms with Gasteiger partial charge in [-0.1, -0.05) is 42.5 Å². The minimum atomic E-state index is -0.634. The number of aromatic nitrogens is 2. The van der Waals surface area contributed by atoms with Crippen molar-refractivity contribution in [3.05, 3.63) is 73.3 Å². The molecule has 0 saturated carbocycles. The third-order valence-corrected chi connectivity index (χ3v) is 4.01. The first-order valence-electron chi connectivity index (χ1n) is 8.53. The van der Waals surface area contributed by atoms with Crippen LogP contribution in [0.2, 0.25) is 0 Å². The predicted molar refractivity (Wildman–Crippen MR) is 100 cm³/mol. The lowest BCUT2D eigenvalue weighted by Gasteiger charge is -2.25. The number of hydrogen-bond acceptors (Lipinski definition) is 4. The number of carbonyl (C=O) groups excluding carboxylic acids is 1. The third kappa shape index (κ3) is 4.72. The molecule has 1 aromatic heterocycles. The molecule has 0 radical (unpaired) electrons. The minimum Gasteiger partial charge on any atom is -0.493 e. The van der Waals surface area contributed by atoms with Gasteiger partial charge in [-0.15, -0.1) is 0 Å². The SMILES string of the molecule is CC(C)(CCOc1ccc(-c2ccccc2)cc1)OC(=O)n1ccnc1. The average Bonchev–Trinajstić information content (AvgIpc) is 3.17. The number of benzene rings is 2. The first kappa shape index (κ1) is 17.7. The Hall–Kier alpha value is -3.08. The lowest BCUT2D eigenvalue weighted by atomic mass is 10.1. The largest absolute Gasteiger partial charge is 0.493 e. The maximum atomic E-state index is 12.0. The number of hydrogen-bond donors (Lipinski definition) is 0. The van der Waals surface area contributed by atoms with Gasteiger partial charge in [0.1, 0.15) is 17.7 Å². The molecule has 0 aliphatic carbocycles. The van der Waals surface area contributed by atoms with Crippen LogP contribution < -0.4 is 4.74 Å². The standard InChI is InChI=1S/C21H22N2O3/c1-21(2,26-20(24)23-14-13-22-16-23)12-15-25-19-10-8-18(9-11-19)17-6-4-3-5-7-17/h3-11,13-14,16H,12,15H2,1-2H3. The molecule has 0 atom stereocenters. The molecule has 0 saturated heterocycles. The van der Waals surface area contributed by atoms with Gasteiger partial charge in [-0.25, -0.2) is 14.3 Å². The predicted octanol–water partition coefficient (Wildman–Crippen LogP) is 4.78. The topological polar surface area (TPSA) is 53.4 Å². The van der Waals surface area contributed by atoms with Crippen molar-refractivity contribution in [1.82, 2.24) is 9.55 Å². The summed E-state index contributed by atoms with van der Waals surface area (Å²) in [6.07, 6.45) is 4.65. The number of ether oxygens (including phenoxy) is 2. The normalized spacial score (nSPS) is 11.2. The van der Waals surface area contributed by atoms with E-state index in [0.29, 0.717) is 13.0 Å². The zero-order valence-corrected chi connectivity index (χ0v) is 15.0. The molecule has 3 rings (SSSR count). The Labute approximate surface area is 153 Å². The molecular formula is C21H22N2O3. The second kappa shape index (κ2) is 7.87. The Morgan fingerprint density at radius 1 is 1.04 bits per heavy atom. The number of imidazole rings is 1. The smallest absolute Gasteiger partial charge is 0.419 e. The molecule has 26 heavy (non-hydrogen) atoms. The van der Waals surface area contributed by atoms with E-state index in [0.717, 1.165) is 11.3 Å². The first-order chi connectivity index (χ1) is 12.5. The van der Waals surface area contributed by atoms with Crippen molar-refractivity contribution < 1.29 is 14.3 Å². The summed E-state index contributed by atoms with van der Waals surface area (Å²) in [6.45, 7) is 4.18. The Bertz CT molecular complexity index is 825. The highest BCUT2D eigenvalue weighted by molar-refractivity contribution is 5.70. The lowest BCUT2D eigenvalue weighted by Crippen LogP contribution is -2.31. The quantitative estimate of drug-likeness (QED) is 0.642. The van der Waals surface area contributed by atoms with E-state index in [4.69, 9.17) is 9.47 Å². The fraction of sp³-hybridized carbons (Fsp3) is 0.238. The van der Waals surface area contributed by atoms with E-state index in [9.17, 15) is 4.79 Å². The molecule has 5 nitrogen and oxygen atoms in total. The van der Waals surface area contributed by atoms with Gasteiger partial charge in [-0.05, 0) is 37.1 Å². The van der Waals surface area contributed by atoms with Gasteiger partial charge in [-0.2, -0.15) is 0 Å². The molecule has 0 unspecified atom stereocenters. The van der Waals surface area contributed by atoms with Crippen LogP contribution in [0.3, 0.4) is 0 Å². The summed E-state index contributed by atoms with van der Waals surface area (Å²) in [5, 5.41) is 0. The van der Waals surface area contributed by atoms with Crippen LogP contribution in [0.15, 0.2) is 73.3 Å². The summed E-state index contributed by atoms with van der Waals surface area (Å²) in [6, 6.07) is 18.2. The molecule has 1 heterocycles. The van der Waals surface area contributed by atoms with Gasteiger partial charge < -0.3 is 9.47 Å². The van der Waals surface area contributed by atoms with E-state index >= 15 is 0 Å². The van der Waals surface area contributed by atoms with Crippen molar-refractivity contribution in [3.8, 4) is 16.9 Å². The van der Waals surface area contributed by atoms with Crippen molar-refractivity contribution in [2.75, 3.05) is 6.61 Å². The van der Waals surface area contributed by atoms with Crippen molar-refractivity contribution in [2.45, 2.75) is 25.9 Å². The van der Waals surface area contributed by atoms with E-state index < -0.39 is 11.7 Å². The summed E-state index contributed by atoms with van der Waals surface area (Å²) in [4.78, 5) is 15.8. The highest BCUT2D eigenvalue weighted by Crippen LogP contribution is 2.23. The highest BCUT2D eigenvalue weighted by atomic mass is 16.6. The Morgan fingerprint density at radius 2 is 1.73 bits per heavy atom.